The fourth-order valence-electron chi connectivity index (χ4n) is 2.10. The van der Waals surface area contributed by atoms with Crippen LogP contribution in [0.3, 0.4) is 0 Å². The summed E-state index contributed by atoms with van der Waals surface area (Å²) in [6.07, 6.45) is 2.94. The maximum Gasteiger partial charge on any atom is 0.331 e. The number of esters is 1. The van der Waals surface area contributed by atoms with E-state index in [9.17, 15) is 10.1 Å². The van der Waals surface area contributed by atoms with E-state index in [0.29, 0.717) is 28.1 Å². The zero-order valence-corrected chi connectivity index (χ0v) is 11.9. The Labute approximate surface area is 119 Å². The first-order valence-electron chi connectivity index (χ1n) is 5.66. The standard InChI is InChI=1S/C13H11BrClNO2/c14-10-7-9(15)3-4-11(10)18-12(17)13(8-16)5-1-2-6-13/h3-4,7H,1-2,5-6H2. The molecule has 1 aromatic carbocycles. The second kappa shape index (κ2) is 5.29. The Bertz CT molecular complexity index is 518. The lowest BCUT2D eigenvalue weighted by molar-refractivity contribution is -0.142. The van der Waals surface area contributed by atoms with Crippen molar-refractivity contribution in [1.82, 2.24) is 0 Å². The van der Waals surface area contributed by atoms with Crippen LogP contribution in [-0.4, -0.2) is 5.97 Å². The molecule has 94 valence electrons. The largest absolute Gasteiger partial charge is 0.424 e. The summed E-state index contributed by atoms with van der Waals surface area (Å²) in [5.41, 5.74) is -0.973. The van der Waals surface area contributed by atoms with Gasteiger partial charge >= 0.3 is 5.97 Å². The number of ether oxygens (including phenoxy) is 1. The Kier molecular flexibility index (Phi) is 3.94. The maximum absolute atomic E-state index is 12.1. The van der Waals surface area contributed by atoms with Crippen LogP contribution >= 0.6 is 27.5 Å². The van der Waals surface area contributed by atoms with Gasteiger partial charge in [-0.05, 0) is 47.0 Å². The van der Waals surface area contributed by atoms with Crippen LogP contribution in [0.4, 0.5) is 0 Å². The molecule has 5 heteroatoms. The Morgan fingerprint density at radius 3 is 2.67 bits per heavy atom. The van der Waals surface area contributed by atoms with Crippen LogP contribution in [0.15, 0.2) is 22.7 Å². The predicted molar refractivity (Wildman–Crippen MR) is 71.3 cm³/mol. The summed E-state index contributed by atoms with van der Waals surface area (Å²) in [5.74, 6) is -0.0727. The smallest absolute Gasteiger partial charge is 0.331 e. The molecule has 0 saturated heterocycles. The topological polar surface area (TPSA) is 50.1 Å². The fraction of sp³-hybridized carbons (Fsp3) is 0.385. The van der Waals surface area contributed by atoms with Gasteiger partial charge in [-0.1, -0.05) is 24.4 Å². The zero-order chi connectivity index (χ0) is 13.2. The lowest BCUT2D eigenvalue weighted by Gasteiger charge is -2.18. The van der Waals surface area contributed by atoms with Crippen molar-refractivity contribution in [2.75, 3.05) is 0 Å². The van der Waals surface area contributed by atoms with E-state index in [2.05, 4.69) is 22.0 Å². The van der Waals surface area contributed by atoms with Gasteiger partial charge in [-0.15, -0.1) is 0 Å². The van der Waals surface area contributed by atoms with Gasteiger partial charge in [0.25, 0.3) is 0 Å². The highest BCUT2D eigenvalue weighted by Crippen LogP contribution is 2.39. The van der Waals surface area contributed by atoms with Gasteiger partial charge in [0, 0.05) is 5.02 Å². The third-order valence-corrected chi connectivity index (χ3v) is 4.01. The third kappa shape index (κ3) is 2.52. The minimum absolute atomic E-state index is 0.394. The van der Waals surface area contributed by atoms with E-state index in [1.165, 1.54) is 0 Å². The van der Waals surface area contributed by atoms with Gasteiger partial charge in [-0.25, -0.2) is 4.79 Å². The second-order valence-electron chi connectivity index (χ2n) is 4.37. The number of nitrogens with zero attached hydrogens (tertiary/aromatic N) is 1. The Balaban J connectivity index is 2.19. The molecular formula is C13H11BrClNO2. The summed E-state index contributed by atoms with van der Waals surface area (Å²) in [6.45, 7) is 0. The SMILES string of the molecule is N#CC1(C(=O)Oc2ccc(Cl)cc2Br)CCCC1. The molecule has 0 N–H and O–H groups in total. The van der Waals surface area contributed by atoms with E-state index in [1.54, 1.807) is 18.2 Å². The van der Waals surface area contributed by atoms with Crippen LogP contribution in [0.5, 0.6) is 5.75 Å². The normalized spacial score (nSPS) is 17.2. The van der Waals surface area contributed by atoms with Crippen molar-refractivity contribution in [3.05, 3.63) is 27.7 Å². The van der Waals surface area contributed by atoms with Gasteiger partial charge in [0.1, 0.15) is 5.75 Å². The third-order valence-electron chi connectivity index (χ3n) is 3.16. The molecule has 0 heterocycles. The van der Waals surface area contributed by atoms with Crippen LogP contribution in [0, 0.1) is 16.7 Å². The summed E-state index contributed by atoms with van der Waals surface area (Å²) >= 11 is 9.09. The highest BCUT2D eigenvalue weighted by molar-refractivity contribution is 9.10. The van der Waals surface area contributed by atoms with E-state index in [0.717, 1.165) is 12.8 Å². The molecule has 1 aliphatic carbocycles. The lowest BCUT2D eigenvalue weighted by Crippen LogP contribution is -2.30. The maximum atomic E-state index is 12.1. The average molecular weight is 329 g/mol. The van der Waals surface area contributed by atoms with Crippen molar-refractivity contribution in [3.8, 4) is 11.8 Å². The molecular weight excluding hydrogens is 318 g/mol. The van der Waals surface area contributed by atoms with Crippen molar-refractivity contribution >= 4 is 33.5 Å². The monoisotopic (exact) mass is 327 g/mol. The Morgan fingerprint density at radius 1 is 1.44 bits per heavy atom. The van der Waals surface area contributed by atoms with Gasteiger partial charge in [-0.3, -0.25) is 0 Å². The van der Waals surface area contributed by atoms with Crippen molar-refractivity contribution < 1.29 is 9.53 Å². The Morgan fingerprint density at radius 2 is 2.11 bits per heavy atom. The number of benzene rings is 1. The van der Waals surface area contributed by atoms with Crippen molar-refractivity contribution in [2.45, 2.75) is 25.7 Å². The second-order valence-corrected chi connectivity index (χ2v) is 5.66. The van der Waals surface area contributed by atoms with E-state index in [4.69, 9.17) is 16.3 Å². The number of hydrogen-bond acceptors (Lipinski definition) is 3. The molecule has 1 aromatic rings. The van der Waals surface area contributed by atoms with E-state index in [1.807, 2.05) is 0 Å². The quantitative estimate of drug-likeness (QED) is 0.607. The molecule has 0 aromatic heterocycles. The van der Waals surface area contributed by atoms with E-state index >= 15 is 0 Å². The molecule has 0 bridgehead atoms. The molecule has 1 aliphatic rings. The zero-order valence-electron chi connectivity index (χ0n) is 9.58. The molecule has 1 saturated carbocycles. The first kappa shape index (κ1) is 13.4. The molecule has 1 fully saturated rings. The number of hydrogen-bond donors (Lipinski definition) is 0. The van der Waals surface area contributed by atoms with Crippen LogP contribution in [0.1, 0.15) is 25.7 Å². The first-order valence-corrected chi connectivity index (χ1v) is 6.83. The summed E-state index contributed by atoms with van der Waals surface area (Å²) in [5, 5.41) is 9.75. The van der Waals surface area contributed by atoms with Gasteiger partial charge in [0.05, 0.1) is 10.5 Å². The van der Waals surface area contributed by atoms with Crippen LogP contribution in [0.25, 0.3) is 0 Å². The molecule has 2 rings (SSSR count). The highest BCUT2D eigenvalue weighted by Gasteiger charge is 2.43. The van der Waals surface area contributed by atoms with E-state index in [-0.39, 0.29) is 0 Å². The average Bonchev–Trinajstić information content (AvgIpc) is 2.82. The van der Waals surface area contributed by atoms with Gasteiger partial charge in [0.2, 0.25) is 0 Å². The van der Waals surface area contributed by atoms with Crippen molar-refractivity contribution in [1.29, 1.82) is 5.26 Å². The van der Waals surface area contributed by atoms with Gasteiger partial charge in [-0.2, -0.15) is 5.26 Å². The van der Waals surface area contributed by atoms with E-state index < -0.39 is 11.4 Å². The number of carbonyl (C=O) groups excluding carboxylic acids is 1. The van der Waals surface area contributed by atoms with Crippen molar-refractivity contribution in [3.63, 3.8) is 0 Å². The number of nitriles is 1. The highest BCUT2D eigenvalue weighted by atomic mass is 79.9. The molecule has 0 spiro atoms. The number of carbonyl (C=O) groups is 1. The molecule has 0 radical (unpaired) electrons. The molecule has 3 nitrogen and oxygen atoms in total. The predicted octanol–water partition coefficient (Wildman–Crippen LogP) is 4.09. The summed E-state index contributed by atoms with van der Waals surface area (Å²) < 4.78 is 5.92. The van der Waals surface area contributed by atoms with Crippen LogP contribution < -0.4 is 4.74 Å². The summed E-state index contributed by atoms with van der Waals surface area (Å²) in [7, 11) is 0. The van der Waals surface area contributed by atoms with Crippen LogP contribution in [-0.2, 0) is 4.79 Å². The molecule has 18 heavy (non-hydrogen) atoms. The van der Waals surface area contributed by atoms with Gasteiger partial charge in [0.15, 0.2) is 5.41 Å². The summed E-state index contributed by atoms with van der Waals surface area (Å²) in [6, 6.07) is 7.02. The first-order chi connectivity index (χ1) is 8.57. The lowest BCUT2D eigenvalue weighted by atomic mass is 9.88. The fourth-order valence-corrected chi connectivity index (χ4v) is 2.86. The molecule has 0 amide bonds. The Hall–Kier alpha value is -1.05. The summed E-state index contributed by atoms with van der Waals surface area (Å²) in [4.78, 5) is 12.1. The number of rotatable bonds is 2. The molecule has 0 unspecified atom stereocenters. The molecule has 0 aliphatic heterocycles. The van der Waals surface area contributed by atoms with Gasteiger partial charge < -0.3 is 4.74 Å². The minimum Gasteiger partial charge on any atom is -0.424 e. The molecule has 0 atom stereocenters. The van der Waals surface area contributed by atoms with Crippen molar-refractivity contribution in [2.24, 2.45) is 5.41 Å². The number of halogens is 2. The minimum atomic E-state index is -0.973. The van der Waals surface area contributed by atoms with Crippen LogP contribution in [0.2, 0.25) is 5.02 Å².